The van der Waals surface area contributed by atoms with Gasteiger partial charge in [-0.3, -0.25) is 9.69 Å². The van der Waals surface area contributed by atoms with E-state index in [1.54, 1.807) is 12.1 Å². The van der Waals surface area contributed by atoms with E-state index in [0.29, 0.717) is 18.8 Å². The molecule has 7 nitrogen and oxygen atoms in total. The summed E-state index contributed by atoms with van der Waals surface area (Å²) in [5, 5.41) is 38.1. The third-order valence-corrected chi connectivity index (χ3v) is 6.12. The van der Waals surface area contributed by atoms with Crippen LogP contribution in [0.2, 0.25) is 0 Å². The summed E-state index contributed by atoms with van der Waals surface area (Å²) in [5.41, 5.74) is 1.89. The van der Waals surface area contributed by atoms with Crippen LogP contribution in [-0.2, 0) is 11.3 Å². The van der Waals surface area contributed by atoms with E-state index in [-0.39, 0.29) is 29.6 Å². The Kier molecular flexibility index (Phi) is 6.65. The van der Waals surface area contributed by atoms with Gasteiger partial charge in [0, 0.05) is 38.6 Å². The van der Waals surface area contributed by atoms with Gasteiger partial charge in [0.15, 0.2) is 11.5 Å². The second-order valence-electron chi connectivity index (χ2n) is 8.00. The SMILES string of the molecule is CC(=O)O.COc1ccc(CN2C[C@H](O)[C@@]3(C2)[C@H](CO)[C@H]3c2ccccc2)cc1O. The summed E-state index contributed by atoms with van der Waals surface area (Å²) >= 11 is 0. The molecule has 1 spiro atoms. The van der Waals surface area contributed by atoms with Crippen molar-refractivity contribution in [1.29, 1.82) is 0 Å². The fourth-order valence-corrected chi connectivity index (χ4v) is 4.87. The molecule has 2 aromatic rings. The monoisotopic (exact) mass is 415 g/mol. The number of phenolic OH excluding ortho intramolecular Hbond substituents is 1. The van der Waals surface area contributed by atoms with Gasteiger partial charge in [0.1, 0.15) is 0 Å². The van der Waals surface area contributed by atoms with Crippen LogP contribution in [-0.4, -0.2) is 64.2 Å². The number of aliphatic hydroxyl groups is 2. The Morgan fingerprint density at radius 1 is 1.23 bits per heavy atom. The molecule has 7 heteroatoms. The molecule has 0 unspecified atom stereocenters. The summed E-state index contributed by atoms with van der Waals surface area (Å²) in [6.07, 6.45) is -0.461. The Hall–Kier alpha value is -2.61. The molecule has 4 atom stereocenters. The molecule has 2 aliphatic rings. The molecule has 30 heavy (non-hydrogen) atoms. The molecule has 0 radical (unpaired) electrons. The van der Waals surface area contributed by atoms with Crippen molar-refractivity contribution in [3.63, 3.8) is 0 Å². The molecular weight excluding hydrogens is 386 g/mol. The lowest BCUT2D eigenvalue weighted by Gasteiger charge is -2.17. The minimum Gasteiger partial charge on any atom is -0.504 e. The van der Waals surface area contributed by atoms with Gasteiger partial charge in [-0.25, -0.2) is 0 Å². The van der Waals surface area contributed by atoms with E-state index in [1.807, 2.05) is 24.3 Å². The molecule has 0 bridgehead atoms. The van der Waals surface area contributed by atoms with Crippen LogP contribution in [0.3, 0.4) is 0 Å². The molecule has 4 N–H and O–H groups in total. The van der Waals surface area contributed by atoms with Crippen molar-refractivity contribution in [2.45, 2.75) is 25.5 Å². The summed E-state index contributed by atoms with van der Waals surface area (Å²) in [5.74, 6) is 0.0340. The quantitative estimate of drug-likeness (QED) is 0.592. The number of methoxy groups -OCH3 is 1. The number of nitrogens with zero attached hydrogens (tertiary/aromatic N) is 1. The number of hydrogen-bond donors (Lipinski definition) is 4. The molecule has 0 amide bonds. The Balaban J connectivity index is 0.000000589. The van der Waals surface area contributed by atoms with Crippen LogP contribution in [0.4, 0.5) is 0 Å². The molecule has 4 rings (SSSR count). The van der Waals surface area contributed by atoms with Gasteiger partial charge in [-0.15, -0.1) is 0 Å². The number of carboxylic acids is 1. The zero-order valence-corrected chi connectivity index (χ0v) is 17.2. The average molecular weight is 415 g/mol. The predicted molar refractivity (Wildman–Crippen MR) is 111 cm³/mol. The standard InChI is InChI=1S/C21H25NO4.C2H4O2/c1-26-18-8-7-14(9-17(18)24)10-22-11-19(25)21(13-22)16(12-23)20(21)15-5-3-2-4-6-15;1-2(3)4/h2-9,16,19-20,23-25H,10-13H2,1H3;1H3,(H,3,4)/t16-,19+,20-,21-;/m1./s1. The Labute approximate surface area is 176 Å². The largest absolute Gasteiger partial charge is 0.504 e. The first-order valence-electron chi connectivity index (χ1n) is 9.95. The summed E-state index contributed by atoms with van der Waals surface area (Å²) in [4.78, 5) is 11.2. The van der Waals surface area contributed by atoms with Crippen molar-refractivity contribution in [2.24, 2.45) is 11.3 Å². The van der Waals surface area contributed by atoms with Crippen molar-refractivity contribution < 1.29 is 30.0 Å². The highest BCUT2D eigenvalue weighted by molar-refractivity contribution is 5.62. The predicted octanol–water partition coefficient (Wildman–Crippen LogP) is 2.06. The van der Waals surface area contributed by atoms with Crippen molar-refractivity contribution in [2.75, 3.05) is 26.8 Å². The molecule has 1 aliphatic carbocycles. The van der Waals surface area contributed by atoms with E-state index in [0.717, 1.165) is 19.0 Å². The maximum atomic E-state index is 10.8. The van der Waals surface area contributed by atoms with E-state index in [1.165, 1.54) is 12.7 Å². The number of ether oxygens (including phenoxy) is 1. The van der Waals surface area contributed by atoms with Crippen molar-refractivity contribution in [3.05, 3.63) is 59.7 Å². The highest BCUT2D eigenvalue weighted by atomic mass is 16.5. The highest BCUT2D eigenvalue weighted by Gasteiger charge is 2.70. The lowest BCUT2D eigenvalue weighted by Crippen LogP contribution is -2.23. The summed E-state index contributed by atoms with van der Waals surface area (Å²) in [6.45, 7) is 3.14. The van der Waals surface area contributed by atoms with Gasteiger partial charge >= 0.3 is 0 Å². The number of hydrogen-bond acceptors (Lipinski definition) is 6. The summed E-state index contributed by atoms with van der Waals surface area (Å²) < 4.78 is 5.09. The second kappa shape index (κ2) is 9.04. The average Bonchev–Trinajstić information content (AvgIpc) is 3.25. The number of carbonyl (C=O) groups is 1. The van der Waals surface area contributed by atoms with E-state index in [9.17, 15) is 15.3 Å². The van der Waals surface area contributed by atoms with E-state index in [2.05, 4.69) is 17.0 Å². The van der Waals surface area contributed by atoms with Crippen LogP contribution < -0.4 is 4.74 Å². The molecular formula is C23H29NO6. The zero-order chi connectivity index (χ0) is 21.9. The Morgan fingerprint density at radius 2 is 1.90 bits per heavy atom. The number of benzene rings is 2. The number of β-amino-alcohol motifs (C(OH)–C–C–N with tert-alkyl or cyclic N) is 1. The lowest BCUT2D eigenvalue weighted by atomic mass is 9.95. The normalized spacial score (nSPS) is 27.4. The first-order valence-corrected chi connectivity index (χ1v) is 9.95. The highest BCUT2D eigenvalue weighted by Crippen LogP contribution is 2.68. The molecule has 2 aromatic carbocycles. The van der Waals surface area contributed by atoms with Gasteiger partial charge in [-0.05, 0) is 35.1 Å². The lowest BCUT2D eigenvalue weighted by molar-refractivity contribution is -0.134. The van der Waals surface area contributed by atoms with Crippen LogP contribution in [0, 0.1) is 11.3 Å². The van der Waals surface area contributed by atoms with Crippen molar-refractivity contribution in [3.8, 4) is 11.5 Å². The molecule has 0 aromatic heterocycles. The zero-order valence-electron chi connectivity index (χ0n) is 17.2. The summed E-state index contributed by atoms with van der Waals surface area (Å²) in [7, 11) is 1.53. The first kappa shape index (κ1) is 22.1. The molecule has 1 heterocycles. The van der Waals surface area contributed by atoms with E-state index < -0.39 is 12.1 Å². The smallest absolute Gasteiger partial charge is 0.300 e. The number of likely N-dealkylation sites (tertiary alicyclic amines) is 1. The molecule has 2 fully saturated rings. The number of aliphatic carboxylic acids is 1. The third kappa shape index (κ3) is 4.28. The maximum Gasteiger partial charge on any atom is 0.300 e. The first-order chi connectivity index (χ1) is 14.3. The van der Waals surface area contributed by atoms with E-state index in [4.69, 9.17) is 14.6 Å². The molecule has 1 saturated carbocycles. The second-order valence-corrected chi connectivity index (χ2v) is 8.00. The van der Waals surface area contributed by atoms with Crippen LogP contribution in [0.15, 0.2) is 48.5 Å². The van der Waals surface area contributed by atoms with Crippen molar-refractivity contribution >= 4 is 5.97 Å². The number of aromatic hydroxyl groups is 1. The molecule has 1 aliphatic heterocycles. The van der Waals surface area contributed by atoms with Crippen LogP contribution >= 0.6 is 0 Å². The fourth-order valence-electron chi connectivity index (χ4n) is 4.87. The molecule has 162 valence electrons. The number of aliphatic hydroxyl groups excluding tert-OH is 2. The van der Waals surface area contributed by atoms with Gasteiger partial charge in [0.25, 0.3) is 5.97 Å². The maximum absolute atomic E-state index is 10.8. The van der Waals surface area contributed by atoms with Gasteiger partial charge in [-0.1, -0.05) is 36.4 Å². The van der Waals surface area contributed by atoms with E-state index >= 15 is 0 Å². The van der Waals surface area contributed by atoms with Crippen LogP contribution in [0.25, 0.3) is 0 Å². The Morgan fingerprint density at radius 3 is 2.47 bits per heavy atom. The summed E-state index contributed by atoms with van der Waals surface area (Å²) in [6, 6.07) is 15.6. The van der Waals surface area contributed by atoms with Gasteiger partial charge < -0.3 is 25.2 Å². The number of phenols is 1. The van der Waals surface area contributed by atoms with Gasteiger partial charge in [0.2, 0.25) is 0 Å². The number of rotatable bonds is 5. The van der Waals surface area contributed by atoms with Crippen molar-refractivity contribution in [1.82, 2.24) is 4.90 Å². The number of carboxylic acid groups (broad SMARTS) is 1. The van der Waals surface area contributed by atoms with Gasteiger partial charge in [0.05, 0.1) is 13.2 Å². The van der Waals surface area contributed by atoms with Gasteiger partial charge in [-0.2, -0.15) is 0 Å². The minimum absolute atomic E-state index is 0.0911. The molecule has 1 saturated heterocycles. The minimum atomic E-state index is -0.833. The fraction of sp³-hybridized carbons (Fsp3) is 0.435. The Bertz CT molecular complexity index is 869. The van der Waals surface area contributed by atoms with Crippen LogP contribution in [0.1, 0.15) is 24.0 Å². The van der Waals surface area contributed by atoms with Crippen LogP contribution in [0.5, 0.6) is 11.5 Å². The third-order valence-electron chi connectivity index (χ3n) is 6.12. The topological polar surface area (TPSA) is 110 Å².